The fraction of sp³-hybridized carbons (Fsp3) is 0.667. The number of rotatable bonds is 5. The molecule has 0 amide bonds. The minimum absolute atomic E-state index is 0. The number of hydrogen-bond acceptors (Lipinski definition) is 4. The Bertz CT molecular complexity index is 661. The highest BCUT2D eigenvalue weighted by Gasteiger charge is 2.41. The average Bonchev–Trinajstić information content (AvgIpc) is 3.35. The van der Waals surface area contributed by atoms with E-state index >= 15 is 0 Å². The van der Waals surface area contributed by atoms with Crippen molar-refractivity contribution in [2.24, 2.45) is 4.99 Å². The number of hydrogen-bond donors (Lipinski definition) is 2. The number of halogens is 1. The third-order valence-corrected chi connectivity index (χ3v) is 6.40. The number of ether oxygens (including phenoxy) is 3. The first-order valence-corrected chi connectivity index (χ1v) is 10.1. The monoisotopic (exact) mass is 501 g/mol. The summed E-state index contributed by atoms with van der Waals surface area (Å²) < 4.78 is 16.9. The Morgan fingerprint density at radius 3 is 2.54 bits per heavy atom. The van der Waals surface area contributed by atoms with E-state index in [1.807, 2.05) is 19.2 Å². The molecule has 1 aromatic carbocycles. The van der Waals surface area contributed by atoms with E-state index in [-0.39, 0.29) is 29.4 Å². The van der Waals surface area contributed by atoms with Crippen LogP contribution in [0.2, 0.25) is 0 Å². The summed E-state index contributed by atoms with van der Waals surface area (Å²) in [6.07, 6.45) is 6.23. The van der Waals surface area contributed by atoms with Crippen LogP contribution in [0.25, 0.3) is 0 Å². The molecule has 3 aliphatic rings. The van der Waals surface area contributed by atoms with Crippen LogP contribution in [0.4, 0.5) is 0 Å². The van der Waals surface area contributed by atoms with E-state index < -0.39 is 0 Å². The van der Waals surface area contributed by atoms with Crippen LogP contribution in [-0.2, 0) is 14.9 Å². The first-order valence-electron chi connectivity index (χ1n) is 10.1. The molecule has 2 N–H and O–H groups in total. The molecule has 3 aliphatic heterocycles. The van der Waals surface area contributed by atoms with Gasteiger partial charge in [-0.25, -0.2) is 0 Å². The standard InChI is InChI=1S/C21H31N3O3.HI/c1-22-20(24-18-13-17-7-8-19(18)27-17)23-14-21(9-11-26-12-10-21)15-3-5-16(25-2)6-4-15;/h3-6,17-19H,7-14H2,1-2H3,(H2,22,23,24);1H. The Labute approximate surface area is 184 Å². The van der Waals surface area contributed by atoms with Crippen molar-refractivity contribution >= 4 is 29.9 Å². The maximum absolute atomic E-state index is 5.96. The van der Waals surface area contributed by atoms with Gasteiger partial charge in [0, 0.05) is 32.2 Å². The Kier molecular flexibility index (Phi) is 7.44. The van der Waals surface area contributed by atoms with Crippen LogP contribution in [0.3, 0.4) is 0 Å². The van der Waals surface area contributed by atoms with Crippen molar-refractivity contribution in [1.82, 2.24) is 10.6 Å². The van der Waals surface area contributed by atoms with Crippen molar-refractivity contribution in [1.29, 1.82) is 0 Å². The van der Waals surface area contributed by atoms with Gasteiger partial charge >= 0.3 is 0 Å². The van der Waals surface area contributed by atoms with Gasteiger partial charge in [0.25, 0.3) is 0 Å². The van der Waals surface area contributed by atoms with Gasteiger partial charge in [-0.1, -0.05) is 12.1 Å². The second-order valence-corrected chi connectivity index (χ2v) is 7.91. The highest BCUT2D eigenvalue weighted by atomic mass is 127. The van der Waals surface area contributed by atoms with E-state index in [0.717, 1.165) is 57.2 Å². The second-order valence-electron chi connectivity index (χ2n) is 7.91. The smallest absolute Gasteiger partial charge is 0.191 e. The van der Waals surface area contributed by atoms with Crippen molar-refractivity contribution in [2.45, 2.75) is 55.8 Å². The van der Waals surface area contributed by atoms with Gasteiger partial charge in [-0.15, -0.1) is 24.0 Å². The van der Waals surface area contributed by atoms with Gasteiger partial charge in [0.2, 0.25) is 0 Å². The summed E-state index contributed by atoms with van der Waals surface area (Å²) in [4.78, 5) is 4.46. The van der Waals surface area contributed by atoms with E-state index in [4.69, 9.17) is 14.2 Å². The van der Waals surface area contributed by atoms with Crippen LogP contribution in [0.5, 0.6) is 5.75 Å². The Hall–Kier alpha value is -1.06. The minimum atomic E-state index is 0. The molecule has 28 heavy (non-hydrogen) atoms. The normalized spacial score (nSPS) is 28.5. The molecule has 0 saturated carbocycles. The summed E-state index contributed by atoms with van der Waals surface area (Å²) in [5.74, 6) is 1.76. The Morgan fingerprint density at radius 1 is 1.21 bits per heavy atom. The highest BCUT2D eigenvalue weighted by Crippen LogP contribution is 2.36. The molecule has 0 radical (unpaired) electrons. The van der Waals surface area contributed by atoms with Crippen LogP contribution >= 0.6 is 24.0 Å². The summed E-state index contributed by atoms with van der Waals surface area (Å²) in [6.45, 7) is 2.42. The van der Waals surface area contributed by atoms with Crippen molar-refractivity contribution in [3.8, 4) is 5.75 Å². The lowest BCUT2D eigenvalue weighted by atomic mass is 9.74. The van der Waals surface area contributed by atoms with Crippen LogP contribution in [-0.4, -0.2) is 58.1 Å². The van der Waals surface area contributed by atoms with Gasteiger partial charge in [-0.3, -0.25) is 4.99 Å². The van der Waals surface area contributed by atoms with Crippen molar-refractivity contribution in [3.05, 3.63) is 29.8 Å². The molecule has 0 aromatic heterocycles. The van der Waals surface area contributed by atoms with E-state index in [0.29, 0.717) is 18.2 Å². The number of fused-ring (bicyclic) bond motifs is 2. The zero-order chi connectivity index (χ0) is 18.7. The van der Waals surface area contributed by atoms with Crippen molar-refractivity contribution in [3.63, 3.8) is 0 Å². The van der Waals surface area contributed by atoms with Gasteiger partial charge < -0.3 is 24.8 Å². The number of methoxy groups -OCH3 is 1. The maximum atomic E-state index is 5.96. The van der Waals surface area contributed by atoms with Gasteiger partial charge in [0.1, 0.15) is 5.75 Å². The molecule has 0 spiro atoms. The number of nitrogens with zero attached hydrogens (tertiary/aromatic N) is 1. The molecule has 3 unspecified atom stereocenters. The average molecular weight is 501 g/mol. The second kappa shape index (κ2) is 9.63. The first-order chi connectivity index (χ1) is 13.2. The van der Waals surface area contributed by atoms with E-state index in [1.54, 1.807) is 7.11 Å². The van der Waals surface area contributed by atoms with Crippen LogP contribution in [0.1, 0.15) is 37.7 Å². The topological polar surface area (TPSA) is 64.1 Å². The fourth-order valence-electron chi connectivity index (χ4n) is 4.69. The zero-order valence-corrected chi connectivity index (χ0v) is 19.1. The number of aliphatic imine (C=N–C) groups is 1. The molecule has 1 aromatic rings. The molecule has 7 heteroatoms. The molecular weight excluding hydrogens is 469 g/mol. The Morgan fingerprint density at radius 2 is 1.96 bits per heavy atom. The van der Waals surface area contributed by atoms with Gasteiger partial charge in [0.05, 0.1) is 25.4 Å². The van der Waals surface area contributed by atoms with E-state index in [2.05, 4.69) is 27.8 Å². The maximum Gasteiger partial charge on any atom is 0.191 e. The van der Waals surface area contributed by atoms with E-state index in [1.165, 1.54) is 12.0 Å². The minimum Gasteiger partial charge on any atom is -0.497 e. The first kappa shape index (κ1) is 21.6. The van der Waals surface area contributed by atoms with Gasteiger partial charge in [0.15, 0.2) is 5.96 Å². The quantitative estimate of drug-likeness (QED) is 0.369. The summed E-state index contributed by atoms with van der Waals surface area (Å²) in [5, 5.41) is 7.18. The largest absolute Gasteiger partial charge is 0.497 e. The highest BCUT2D eigenvalue weighted by molar-refractivity contribution is 14.0. The third kappa shape index (κ3) is 4.57. The van der Waals surface area contributed by atoms with Gasteiger partial charge in [-0.2, -0.15) is 0 Å². The summed E-state index contributed by atoms with van der Waals surface area (Å²) >= 11 is 0. The summed E-state index contributed by atoms with van der Waals surface area (Å²) in [5.41, 5.74) is 1.38. The fourth-order valence-corrected chi connectivity index (χ4v) is 4.69. The number of benzene rings is 1. The molecular formula is C21H32IN3O3. The lowest BCUT2D eigenvalue weighted by molar-refractivity contribution is 0.0513. The molecule has 156 valence electrons. The molecule has 3 atom stereocenters. The van der Waals surface area contributed by atoms with Crippen LogP contribution in [0, 0.1) is 0 Å². The van der Waals surface area contributed by atoms with Gasteiger partial charge in [-0.05, 0) is 49.8 Å². The molecule has 3 heterocycles. The zero-order valence-electron chi connectivity index (χ0n) is 16.8. The molecule has 3 saturated heterocycles. The van der Waals surface area contributed by atoms with Crippen molar-refractivity contribution in [2.75, 3.05) is 33.9 Å². The summed E-state index contributed by atoms with van der Waals surface area (Å²) in [6, 6.07) is 8.84. The SMILES string of the molecule is CN=C(NCC1(c2ccc(OC)cc2)CCOCC1)NC1CC2CCC1O2.I. The molecule has 4 rings (SSSR count). The molecule has 3 fully saturated rings. The van der Waals surface area contributed by atoms with E-state index in [9.17, 15) is 0 Å². The molecule has 2 bridgehead atoms. The predicted molar refractivity (Wildman–Crippen MR) is 121 cm³/mol. The lowest BCUT2D eigenvalue weighted by Gasteiger charge is -2.38. The lowest BCUT2D eigenvalue weighted by Crippen LogP contribution is -2.51. The molecule has 0 aliphatic carbocycles. The Balaban J connectivity index is 0.00000225. The summed E-state index contributed by atoms with van der Waals surface area (Å²) in [7, 11) is 3.54. The number of guanidine groups is 1. The van der Waals surface area contributed by atoms with Crippen LogP contribution < -0.4 is 15.4 Å². The third-order valence-electron chi connectivity index (χ3n) is 6.40. The van der Waals surface area contributed by atoms with Crippen LogP contribution in [0.15, 0.2) is 29.3 Å². The predicted octanol–water partition coefficient (Wildman–Crippen LogP) is 2.85. The molecule has 6 nitrogen and oxygen atoms in total. The van der Waals surface area contributed by atoms with Crippen molar-refractivity contribution < 1.29 is 14.2 Å². The number of nitrogens with one attached hydrogen (secondary N) is 2.